The Balaban J connectivity index is 1.68. The summed E-state index contributed by atoms with van der Waals surface area (Å²) in [5, 5.41) is 2.33. The van der Waals surface area contributed by atoms with Crippen LogP contribution in [0.5, 0.6) is 0 Å². The molecule has 0 aromatic rings. The summed E-state index contributed by atoms with van der Waals surface area (Å²) in [4.78, 5) is 39.6. The minimum Gasteiger partial charge on any atom is -0.299 e. The van der Waals surface area contributed by atoms with E-state index in [1.165, 1.54) is 24.2 Å². The third-order valence-corrected chi connectivity index (χ3v) is 4.77. The largest absolute Gasteiger partial charge is 0.330 e. The molecule has 1 unspecified atom stereocenters. The van der Waals surface area contributed by atoms with Crippen molar-refractivity contribution in [3.63, 3.8) is 0 Å². The molecule has 0 aromatic heterocycles. The normalized spacial score (nSPS) is 27.6. The first-order valence-corrected chi connectivity index (χ1v) is 7.46. The summed E-state index contributed by atoms with van der Waals surface area (Å²) in [7, 11) is 0. The topological polar surface area (TPSA) is 69.7 Å². The zero-order chi connectivity index (χ0) is 14.3. The molecule has 3 fully saturated rings. The maximum atomic E-state index is 12.4. The van der Waals surface area contributed by atoms with Crippen LogP contribution in [0.25, 0.3) is 0 Å². The quantitative estimate of drug-likeness (QED) is 0.773. The van der Waals surface area contributed by atoms with Crippen molar-refractivity contribution in [3.05, 3.63) is 0 Å². The molecule has 1 aliphatic carbocycles. The predicted octanol–water partition coefficient (Wildman–Crippen LogP) is 0.719. The highest BCUT2D eigenvalue weighted by Crippen LogP contribution is 2.49. The molecule has 3 rings (SSSR count). The number of amides is 4. The summed E-state index contributed by atoms with van der Waals surface area (Å²) < 4.78 is 0. The van der Waals surface area contributed by atoms with Gasteiger partial charge in [0.2, 0.25) is 11.8 Å². The molecular formula is C14H21N3O3. The number of urea groups is 1. The summed E-state index contributed by atoms with van der Waals surface area (Å²) >= 11 is 0. The maximum Gasteiger partial charge on any atom is 0.330 e. The highest BCUT2D eigenvalue weighted by atomic mass is 16.2. The number of nitrogens with zero attached hydrogens (tertiary/aromatic N) is 2. The second-order valence-electron chi connectivity index (χ2n) is 6.20. The monoisotopic (exact) mass is 279 g/mol. The van der Waals surface area contributed by atoms with E-state index >= 15 is 0 Å². The van der Waals surface area contributed by atoms with Crippen molar-refractivity contribution in [1.82, 2.24) is 15.1 Å². The molecule has 0 bridgehead atoms. The summed E-state index contributed by atoms with van der Waals surface area (Å²) in [5.41, 5.74) is -0.921. The fraction of sp³-hybridized carbons (Fsp3) is 0.786. The van der Waals surface area contributed by atoms with E-state index in [2.05, 4.69) is 10.2 Å². The number of barbiturate groups is 1. The molecule has 2 saturated heterocycles. The number of likely N-dealkylation sites (tertiary alicyclic amines) is 1. The van der Waals surface area contributed by atoms with E-state index in [1.54, 1.807) is 0 Å². The highest BCUT2D eigenvalue weighted by molar-refractivity contribution is 6.20. The van der Waals surface area contributed by atoms with Crippen molar-refractivity contribution in [2.75, 3.05) is 19.6 Å². The van der Waals surface area contributed by atoms with E-state index in [-0.39, 0.29) is 11.9 Å². The van der Waals surface area contributed by atoms with Gasteiger partial charge in [-0.2, -0.15) is 0 Å². The Morgan fingerprint density at radius 3 is 2.40 bits per heavy atom. The van der Waals surface area contributed by atoms with Crippen LogP contribution in [0.15, 0.2) is 0 Å². The summed E-state index contributed by atoms with van der Waals surface area (Å²) in [6.45, 7) is 4.46. The van der Waals surface area contributed by atoms with Crippen LogP contribution < -0.4 is 5.32 Å². The Kier molecular flexibility index (Phi) is 3.28. The van der Waals surface area contributed by atoms with Crippen LogP contribution in [0, 0.1) is 5.41 Å². The Bertz CT molecular complexity index is 453. The number of imide groups is 2. The van der Waals surface area contributed by atoms with E-state index in [9.17, 15) is 14.4 Å². The molecule has 2 heterocycles. The lowest BCUT2D eigenvalue weighted by Crippen LogP contribution is -2.61. The first kappa shape index (κ1) is 13.5. The number of rotatable bonds is 3. The van der Waals surface area contributed by atoms with Gasteiger partial charge in [-0.05, 0) is 45.7 Å². The first-order valence-electron chi connectivity index (χ1n) is 7.46. The summed E-state index contributed by atoms with van der Waals surface area (Å²) in [6, 6.07) is -0.407. The molecule has 0 aromatic carbocycles. The Hall–Kier alpha value is -1.43. The number of piperidine rings is 1. The van der Waals surface area contributed by atoms with Crippen molar-refractivity contribution in [1.29, 1.82) is 0 Å². The van der Waals surface area contributed by atoms with E-state index in [1.807, 2.05) is 6.92 Å². The number of nitrogens with one attached hydrogen (secondary N) is 1. The number of hydrogen-bond donors (Lipinski definition) is 1. The molecule has 1 atom stereocenters. The number of carbonyl (C=O) groups is 3. The summed E-state index contributed by atoms with van der Waals surface area (Å²) in [5.74, 6) is -0.704. The van der Waals surface area contributed by atoms with Gasteiger partial charge in [0, 0.05) is 12.6 Å². The second kappa shape index (κ2) is 4.84. The van der Waals surface area contributed by atoms with Crippen molar-refractivity contribution in [2.24, 2.45) is 5.41 Å². The van der Waals surface area contributed by atoms with Gasteiger partial charge in [0.05, 0.1) is 0 Å². The molecule has 1 spiro atoms. The fourth-order valence-corrected chi connectivity index (χ4v) is 3.20. The van der Waals surface area contributed by atoms with Crippen LogP contribution in [-0.2, 0) is 9.59 Å². The minimum absolute atomic E-state index is 0.147. The van der Waals surface area contributed by atoms with Gasteiger partial charge in [-0.15, -0.1) is 0 Å². The smallest absolute Gasteiger partial charge is 0.299 e. The van der Waals surface area contributed by atoms with Crippen molar-refractivity contribution < 1.29 is 14.4 Å². The molecular weight excluding hydrogens is 258 g/mol. The van der Waals surface area contributed by atoms with E-state index in [4.69, 9.17) is 0 Å². The predicted molar refractivity (Wildman–Crippen MR) is 71.8 cm³/mol. The van der Waals surface area contributed by atoms with Crippen LogP contribution in [0.4, 0.5) is 4.79 Å². The minimum atomic E-state index is -0.921. The lowest BCUT2D eigenvalue weighted by atomic mass is 10.0. The highest BCUT2D eigenvalue weighted by Gasteiger charge is 2.62. The standard InChI is InChI=1S/C14H21N3O3/c1-10(16-7-3-2-4-8-16)9-17-12(19)14(5-6-14)11(18)15-13(17)20/h10H,2-9H2,1H3,(H,15,18,20). The van der Waals surface area contributed by atoms with Gasteiger partial charge in [-0.3, -0.25) is 24.7 Å². The SMILES string of the molecule is CC(CN1C(=O)NC(=O)C2(CC2)C1=O)N1CCCCC1. The van der Waals surface area contributed by atoms with E-state index in [0.717, 1.165) is 13.1 Å². The zero-order valence-electron chi connectivity index (χ0n) is 11.9. The Morgan fingerprint density at radius 2 is 1.80 bits per heavy atom. The Morgan fingerprint density at radius 1 is 1.15 bits per heavy atom. The van der Waals surface area contributed by atoms with Gasteiger partial charge in [-0.1, -0.05) is 6.42 Å². The molecule has 4 amide bonds. The second-order valence-corrected chi connectivity index (χ2v) is 6.20. The third-order valence-electron chi connectivity index (χ3n) is 4.77. The van der Waals surface area contributed by atoms with Gasteiger partial charge in [0.15, 0.2) is 0 Å². The van der Waals surface area contributed by atoms with Crippen molar-refractivity contribution in [3.8, 4) is 0 Å². The number of hydrogen-bond acceptors (Lipinski definition) is 4. The third kappa shape index (κ3) is 2.12. The molecule has 20 heavy (non-hydrogen) atoms. The van der Waals surface area contributed by atoms with Crippen molar-refractivity contribution >= 4 is 17.8 Å². The van der Waals surface area contributed by atoms with E-state index in [0.29, 0.717) is 19.4 Å². The van der Waals surface area contributed by atoms with Crippen LogP contribution >= 0.6 is 0 Å². The Labute approximate surface area is 118 Å². The van der Waals surface area contributed by atoms with Gasteiger partial charge in [0.1, 0.15) is 5.41 Å². The van der Waals surface area contributed by atoms with Gasteiger partial charge >= 0.3 is 6.03 Å². The molecule has 3 aliphatic rings. The zero-order valence-corrected chi connectivity index (χ0v) is 11.9. The average molecular weight is 279 g/mol. The maximum absolute atomic E-state index is 12.4. The van der Waals surface area contributed by atoms with Gasteiger partial charge in [0.25, 0.3) is 0 Å². The van der Waals surface area contributed by atoms with Crippen molar-refractivity contribution in [2.45, 2.75) is 45.1 Å². The van der Waals surface area contributed by atoms with Crippen LogP contribution in [0.2, 0.25) is 0 Å². The molecule has 110 valence electrons. The molecule has 1 N–H and O–H groups in total. The van der Waals surface area contributed by atoms with Crippen LogP contribution in [0.1, 0.15) is 39.0 Å². The molecule has 6 nitrogen and oxygen atoms in total. The van der Waals surface area contributed by atoms with Crippen LogP contribution in [-0.4, -0.2) is 53.3 Å². The number of carbonyl (C=O) groups excluding carboxylic acids is 3. The lowest BCUT2D eigenvalue weighted by molar-refractivity contribution is -0.145. The molecule has 2 aliphatic heterocycles. The average Bonchev–Trinajstić information content (AvgIpc) is 3.24. The molecule has 1 saturated carbocycles. The van der Waals surface area contributed by atoms with Gasteiger partial charge < -0.3 is 0 Å². The van der Waals surface area contributed by atoms with E-state index < -0.39 is 17.4 Å². The van der Waals surface area contributed by atoms with Crippen LogP contribution in [0.3, 0.4) is 0 Å². The fourth-order valence-electron chi connectivity index (χ4n) is 3.20. The summed E-state index contributed by atoms with van der Waals surface area (Å²) in [6.07, 6.45) is 4.74. The molecule has 0 radical (unpaired) electrons. The molecule has 6 heteroatoms. The van der Waals surface area contributed by atoms with Gasteiger partial charge in [-0.25, -0.2) is 4.79 Å². The first-order chi connectivity index (χ1) is 9.54. The lowest BCUT2D eigenvalue weighted by Gasteiger charge is -2.37.